The number of nitrogens with zero attached hydrogens (tertiary/aromatic N) is 4. The minimum Gasteiger partial charge on any atom is -0.493 e. The summed E-state index contributed by atoms with van der Waals surface area (Å²) in [4.78, 5) is 10.8. The fourth-order valence-corrected chi connectivity index (χ4v) is 2.45. The molecule has 3 rings (SSSR count). The summed E-state index contributed by atoms with van der Waals surface area (Å²) in [6.07, 6.45) is 3.81. The number of hydrogen-bond donors (Lipinski definition) is 1. The Morgan fingerprint density at radius 1 is 1.17 bits per heavy atom. The summed E-state index contributed by atoms with van der Waals surface area (Å²) in [6.45, 7) is 4.04. The van der Waals surface area contributed by atoms with Crippen molar-refractivity contribution in [1.29, 1.82) is 0 Å². The van der Waals surface area contributed by atoms with Crippen LogP contribution in [0.1, 0.15) is 13.8 Å². The highest BCUT2D eigenvalue weighted by Crippen LogP contribution is 2.31. The number of aromatic nitrogens is 3. The van der Waals surface area contributed by atoms with Crippen molar-refractivity contribution in [3.8, 4) is 22.9 Å². The summed E-state index contributed by atoms with van der Waals surface area (Å²) in [5.74, 6) is 2.56. The first-order valence-corrected chi connectivity index (χ1v) is 7.28. The lowest BCUT2D eigenvalue weighted by Gasteiger charge is -2.24. The lowest BCUT2D eigenvalue weighted by molar-refractivity contribution is 0.355. The Balaban J connectivity index is 1.89. The van der Waals surface area contributed by atoms with Gasteiger partial charge < -0.3 is 9.47 Å². The number of H-pyrrole nitrogens is 1. The molecule has 2 aromatic rings. The van der Waals surface area contributed by atoms with E-state index in [1.54, 1.807) is 20.6 Å². The highest BCUT2D eigenvalue weighted by molar-refractivity contribution is 5.79. The first-order chi connectivity index (χ1) is 11.1. The number of anilines is 1. The molecule has 120 valence electrons. The van der Waals surface area contributed by atoms with Crippen LogP contribution < -0.4 is 14.4 Å². The number of allylic oxidation sites excluding steroid dienone is 1. The smallest absolute Gasteiger partial charge is 0.250 e. The minimum absolute atomic E-state index is 0.154. The third-order valence-electron chi connectivity index (χ3n) is 3.67. The summed E-state index contributed by atoms with van der Waals surface area (Å²) in [5.41, 5.74) is 1.86. The van der Waals surface area contributed by atoms with Gasteiger partial charge in [0.05, 0.1) is 26.6 Å². The van der Waals surface area contributed by atoms with Crippen LogP contribution >= 0.6 is 0 Å². The summed E-state index contributed by atoms with van der Waals surface area (Å²) in [5, 5.41) is 7.25. The lowest BCUT2D eigenvalue weighted by atomic mass is 10.2. The highest BCUT2D eigenvalue weighted by atomic mass is 16.5. The monoisotopic (exact) mass is 313 g/mol. The van der Waals surface area contributed by atoms with Gasteiger partial charge in [-0.05, 0) is 38.1 Å². The van der Waals surface area contributed by atoms with Crippen molar-refractivity contribution in [2.45, 2.75) is 19.9 Å². The molecule has 1 aliphatic heterocycles. The van der Waals surface area contributed by atoms with Crippen molar-refractivity contribution in [3.63, 3.8) is 0 Å². The average Bonchev–Trinajstić information content (AvgIpc) is 3.03. The summed E-state index contributed by atoms with van der Waals surface area (Å²) in [6, 6.07) is 5.76. The van der Waals surface area contributed by atoms with Gasteiger partial charge in [0.2, 0.25) is 0 Å². The molecule has 1 N–H and O–H groups in total. The maximum atomic E-state index is 5.32. The summed E-state index contributed by atoms with van der Waals surface area (Å²) < 4.78 is 10.6. The van der Waals surface area contributed by atoms with E-state index in [9.17, 15) is 0 Å². The van der Waals surface area contributed by atoms with Crippen molar-refractivity contribution >= 4 is 12.3 Å². The van der Waals surface area contributed by atoms with E-state index in [1.807, 2.05) is 30.0 Å². The second kappa shape index (κ2) is 6.12. The predicted molar refractivity (Wildman–Crippen MR) is 89.1 cm³/mol. The van der Waals surface area contributed by atoms with Gasteiger partial charge in [0, 0.05) is 11.3 Å². The number of aliphatic imine (C=N–C) groups is 1. The molecule has 0 bridgehead atoms. The molecule has 7 heteroatoms. The molecule has 1 aliphatic rings. The number of hydrogen-bond acceptors (Lipinski definition) is 6. The number of benzene rings is 1. The Labute approximate surface area is 134 Å². The Morgan fingerprint density at radius 3 is 2.65 bits per heavy atom. The molecule has 7 nitrogen and oxygen atoms in total. The van der Waals surface area contributed by atoms with Gasteiger partial charge in [-0.2, -0.15) is 4.98 Å². The van der Waals surface area contributed by atoms with E-state index < -0.39 is 0 Å². The zero-order valence-electron chi connectivity index (χ0n) is 13.6. The molecule has 1 aromatic heterocycles. The zero-order chi connectivity index (χ0) is 16.4. The van der Waals surface area contributed by atoms with Crippen LogP contribution in [0.3, 0.4) is 0 Å². The van der Waals surface area contributed by atoms with E-state index in [0.29, 0.717) is 23.3 Å². The molecule has 0 saturated carbocycles. The zero-order valence-corrected chi connectivity index (χ0v) is 13.6. The van der Waals surface area contributed by atoms with Crippen molar-refractivity contribution in [2.24, 2.45) is 4.99 Å². The standard InChI is InChI=1S/C16H19N5O2/c1-10-7-11(2)21(9-17-10)16-18-15(19-20-16)12-5-6-13(22-3)14(8-12)23-4/h5-9,11H,1-4H3,(H,18,19,20). The minimum atomic E-state index is 0.154. The van der Waals surface area contributed by atoms with Crippen LogP contribution in [0.25, 0.3) is 11.4 Å². The largest absolute Gasteiger partial charge is 0.493 e. The summed E-state index contributed by atoms with van der Waals surface area (Å²) in [7, 11) is 3.21. The third kappa shape index (κ3) is 2.90. The topological polar surface area (TPSA) is 75.6 Å². The van der Waals surface area contributed by atoms with E-state index >= 15 is 0 Å². The number of ether oxygens (including phenoxy) is 2. The highest BCUT2D eigenvalue weighted by Gasteiger charge is 2.19. The molecular weight excluding hydrogens is 294 g/mol. The van der Waals surface area contributed by atoms with Crippen LogP contribution in [-0.2, 0) is 0 Å². The van der Waals surface area contributed by atoms with Crippen LogP contribution in [0, 0.1) is 0 Å². The van der Waals surface area contributed by atoms with Crippen LogP contribution in [0.2, 0.25) is 0 Å². The Bertz CT molecular complexity index is 766. The second-order valence-corrected chi connectivity index (χ2v) is 5.25. The molecule has 1 aromatic carbocycles. The fraction of sp³-hybridized carbons (Fsp3) is 0.312. The van der Waals surface area contributed by atoms with Crippen molar-refractivity contribution in [3.05, 3.63) is 30.0 Å². The van der Waals surface area contributed by atoms with Crippen LogP contribution in [0.5, 0.6) is 11.5 Å². The van der Waals surface area contributed by atoms with Gasteiger partial charge in [-0.1, -0.05) is 0 Å². The second-order valence-electron chi connectivity index (χ2n) is 5.25. The van der Waals surface area contributed by atoms with E-state index in [1.165, 1.54) is 0 Å². The number of nitrogens with one attached hydrogen (secondary N) is 1. The van der Waals surface area contributed by atoms with Gasteiger partial charge in [0.25, 0.3) is 5.95 Å². The number of rotatable bonds is 4. The predicted octanol–water partition coefficient (Wildman–Crippen LogP) is 2.63. The first-order valence-electron chi connectivity index (χ1n) is 7.28. The first kappa shape index (κ1) is 15.1. The molecule has 0 saturated heterocycles. The maximum Gasteiger partial charge on any atom is 0.250 e. The molecule has 0 radical (unpaired) electrons. The van der Waals surface area contributed by atoms with E-state index in [2.05, 4.69) is 33.2 Å². The normalized spacial score (nSPS) is 17.1. The van der Waals surface area contributed by atoms with Crippen molar-refractivity contribution < 1.29 is 9.47 Å². The molecule has 2 heterocycles. The molecule has 0 aliphatic carbocycles. The lowest BCUT2D eigenvalue weighted by Crippen LogP contribution is -2.33. The van der Waals surface area contributed by atoms with Gasteiger partial charge >= 0.3 is 0 Å². The Kier molecular flexibility index (Phi) is 4.01. The van der Waals surface area contributed by atoms with Crippen molar-refractivity contribution in [2.75, 3.05) is 19.1 Å². The average molecular weight is 313 g/mol. The quantitative estimate of drug-likeness (QED) is 0.939. The van der Waals surface area contributed by atoms with Crippen molar-refractivity contribution in [1.82, 2.24) is 15.2 Å². The fourth-order valence-electron chi connectivity index (χ4n) is 2.45. The van der Waals surface area contributed by atoms with E-state index in [-0.39, 0.29) is 6.04 Å². The molecule has 0 spiro atoms. The van der Waals surface area contributed by atoms with E-state index in [0.717, 1.165) is 11.3 Å². The van der Waals surface area contributed by atoms with Gasteiger partial charge in [-0.25, -0.2) is 4.99 Å². The van der Waals surface area contributed by atoms with Gasteiger partial charge in [0.1, 0.15) is 0 Å². The van der Waals surface area contributed by atoms with E-state index in [4.69, 9.17) is 9.47 Å². The van der Waals surface area contributed by atoms with Crippen LogP contribution in [-0.4, -0.2) is 41.8 Å². The molecular formula is C16H19N5O2. The third-order valence-corrected chi connectivity index (χ3v) is 3.67. The van der Waals surface area contributed by atoms with Gasteiger partial charge in [-0.15, -0.1) is 5.10 Å². The van der Waals surface area contributed by atoms with Gasteiger partial charge in [-0.3, -0.25) is 10.00 Å². The molecule has 1 atom stereocenters. The van der Waals surface area contributed by atoms with Crippen LogP contribution in [0.15, 0.2) is 35.0 Å². The summed E-state index contributed by atoms with van der Waals surface area (Å²) >= 11 is 0. The maximum absolute atomic E-state index is 5.32. The molecule has 0 fully saturated rings. The number of aromatic amines is 1. The molecule has 23 heavy (non-hydrogen) atoms. The van der Waals surface area contributed by atoms with Gasteiger partial charge in [0.15, 0.2) is 17.3 Å². The molecule has 0 amide bonds. The Morgan fingerprint density at radius 2 is 1.96 bits per heavy atom. The SMILES string of the molecule is COc1ccc(-c2nc(N3C=NC(C)=CC3C)n[nH]2)cc1OC. The van der Waals surface area contributed by atoms with Crippen LogP contribution in [0.4, 0.5) is 5.95 Å². The number of methoxy groups -OCH3 is 2. The Hall–Kier alpha value is -2.83. The molecule has 1 unspecified atom stereocenters.